The number of nitrogens with two attached hydrogens (primary N) is 1. The number of aryl methyl sites for hydroxylation is 1. The Hall–Kier alpha value is -3.40. The first kappa shape index (κ1) is 38.8. The molecule has 17 heteroatoms. The molecule has 0 radical (unpaired) electrons. The van der Waals surface area contributed by atoms with E-state index in [1.807, 2.05) is 0 Å². The molecular formula is C29H36Cl2F3N5O6S. The Kier molecular flexibility index (Phi) is 14.3. The molecule has 1 atom stereocenters. The van der Waals surface area contributed by atoms with Crippen LogP contribution in [0.15, 0.2) is 46.3 Å². The number of carbonyl (C=O) groups is 3. The number of aliphatic imine (C=N–C) groups is 1. The number of nitrogens with zero attached hydrogens (tertiary/aromatic N) is 2. The highest BCUT2D eigenvalue weighted by atomic mass is 35.5. The summed E-state index contributed by atoms with van der Waals surface area (Å²) in [4.78, 5) is 39.4. The number of guanidine groups is 1. The number of alkyl halides is 3. The van der Waals surface area contributed by atoms with Gasteiger partial charge in [-0.1, -0.05) is 67.4 Å². The quantitative estimate of drug-likeness (QED) is 0.206. The monoisotopic (exact) mass is 709 g/mol. The number of hydrogen-bond donors (Lipinski definition) is 4. The maximum absolute atomic E-state index is 13.4. The molecule has 1 fully saturated rings. The van der Waals surface area contributed by atoms with Gasteiger partial charge >= 0.3 is 12.1 Å². The summed E-state index contributed by atoms with van der Waals surface area (Å²) in [6.45, 7) is 1.78. The van der Waals surface area contributed by atoms with Crippen LogP contribution in [0.3, 0.4) is 0 Å². The number of carboxylic acid groups (broad SMARTS) is 1. The van der Waals surface area contributed by atoms with Crippen LogP contribution in [-0.2, 0) is 30.8 Å². The van der Waals surface area contributed by atoms with Crippen molar-refractivity contribution >= 4 is 62.7 Å². The molecule has 1 saturated carbocycles. The minimum atomic E-state index is -5.08. The summed E-state index contributed by atoms with van der Waals surface area (Å²) in [7, 11) is -0.796. The molecule has 0 saturated heterocycles. The predicted octanol–water partition coefficient (Wildman–Crippen LogP) is 5.14. The lowest BCUT2D eigenvalue weighted by atomic mass is 9.84. The third kappa shape index (κ3) is 12.1. The van der Waals surface area contributed by atoms with Gasteiger partial charge in [0.25, 0.3) is 0 Å². The van der Waals surface area contributed by atoms with Crippen LogP contribution in [-0.4, -0.2) is 67.9 Å². The van der Waals surface area contributed by atoms with Crippen LogP contribution in [0.1, 0.15) is 49.7 Å². The van der Waals surface area contributed by atoms with Crippen LogP contribution in [0.25, 0.3) is 0 Å². The number of carbonyl (C=O) groups excluding carboxylic acids is 2. The molecule has 254 valence electrons. The predicted molar refractivity (Wildman–Crippen MR) is 169 cm³/mol. The van der Waals surface area contributed by atoms with Gasteiger partial charge in [0.15, 0.2) is 5.96 Å². The second-order valence-electron chi connectivity index (χ2n) is 10.8. The molecule has 11 nitrogen and oxygen atoms in total. The van der Waals surface area contributed by atoms with Crippen molar-refractivity contribution in [2.75, 3.05) is 19.4 Å². The smallest absolute Gasteiger partial charge is 0.475 e. The normalized spacial score (nSPS) is 15.0. The Morgan fingerprint density at radius 2 is 1.67 bits per heavy atom. The molecule has 5 N–H and O–H groups in total. The van der Waals surface area contributed by atoms with Crippen LogP contribution in [0, 0.1) is 12.8 Å². The molecular weight excluding hydrogens is 674 g/mol. The number of nitrogens with one attached hydrogen (secondary N) is 2. The van der Waals surface area contributed by atoms with Crippen LogP contribution in [0.2, 0.25) is 10.0 Å². The number of anilines is 1. The van der Waals surface area contributed by atoms with E-state index < -0.39 is 40.0 Å². The number of sulfonamides is 1. The first-order valence-corrected chi connectivity index (χ1v) is 16.2. The average Bonchev–Trinajstić information content (AvgIpc) is 2.96. The molecule has 2 aromatic rings. The summed E-state index contributed by atoms with van der Waals surface area (Å²) in [5, 5.41) is 13.2. The number of amides is 2. The molecule has 0 heterocycles. The van der Waals surface area contributed by atoms with Crippen molar-refractivity contribution in [3.8, 4) is 0 Å². The van der Waals surface area contributed by atoms with Gasteiger partial charge < -0.3 is 16.2 Å². The van der Waals surface area contributed by atoms with E-state index in [-0.39, 0.29) is 17.3 Å². The van der Waals surface area contributed by atoms with Gasteiger partial charge in [-0.05, 0) is 54.7 Å². The average molecular weight is 711 g/mol. The Bertz CT molecular complexity index is 1550. The van der Waals surface area contributed by atoms with Crippen LogP contribution in [0.5, 0.6) is 0 Å². The van der Waals surface area contributed by atoms with E-state index in [1.165, 1.54) is 26.2 Å². The van der Waals surface area contributed by atoms with Gasteiger partial charge in [-0.15, -0.1) is 0 Å². The molecule has 2 aromatic carbocycles. The van der Waals surface area contributed by atoms with Gasteiger partial charge in [0.2, 0.25) is 21.8 Å². The van der Waals surface area contributed by atoms with Crippen molar-refractivity contribution in [3.63, 3.8) is 0 Å². The minimum absolute atomic E-state index is 0.00106. The Morgan fingerprint density at radius 3 is 2.22 bits per heavy atom. The number of carboxylic acids is 1. The number of hydrogen-bond acceptors (Lipinski definition) is 6. The standard InChI is InChI=1S/C27H35Cl2N5O4S.C2HF3O2/c1-17-9-11-20(39(37,38)34(2)3)16-23(17)31-26(36)24(14-18-7-5-4-6-8-18)32-27(30)33-25(35)15-19-10-12-21(28)22(29)13-19;3-2(4,5)1(6)7/h9-13,16,18,24H,4-8,14-15H2,1-3H3,(H,31,36)(H3,30,32,33,35);(H,6,7)/t24-;/m1./s1. The second kappa shape index (κ2) is 17.0. The van der Waals surface area contributed by atoms with Gasteiger partial charge in [0.1, 0.15) is 6.04 Å². The van der Waals surface area contributed by atoms with Crippen LogP contribution >= 0.6 is 23.2 Å². The third-order valence-corrected chi connectivity index (χ3v) is 9.53. The lowest BCUT2D eigenvalue weighted by molar-refractivity contribution is -0.192. The lowest BCUT2D eigenvalue weighted by Crippen LogP contribution is -2.40. The zero-order chi connectivity index (χ0) is 34.8. The molecule has 0 aromatic heterocycles. The van der Waals surface area contributed by atoms with E-state index in [0.29, 0.717) is 39.2 Å². The van der Waals surface area contributed by atoms with Crippen molar-refractivity contribution in [1.82, 2.24) is 9.62 Å². The number of rotatable bonds is 9. The fourth-order valence-corrected chi connectivity index (χ4v) is 5.75. The van der Waals surface area contributed by atoms with Crippen molar-refractivity contribution in [2.45, 2.75) is 69.0 Å². The molecule has 2 amide bonds. The molecule has 0 aliphatic heterocycles. The zero-order valence-electron chi connectivity index (χ0n) is 25.3. The van der Waals surface area contributed by atoms with E-state index in [0.717, 1.165) is 36.4 Å². The van der Waals surface area contributed by atoms with E-state index >= 15 is 0 Å². The fourth-order valence-electron chi connectivity index (χ4n) is 4.50. The van der Waals surface area contributed by atoms with E-state index in [2.05, 4.69) is 15.6 Å². The fraction of sp³-hybridized carbons (Fsp3) is 0.448. The third-order valence-electron chi connectivity index (χ3n) is 6.98. The summed E-state index contributed by atoms with van der Waals surface area (Å²) < 4.78 is 58.1. The van der Waals surface area contributed by atoms with Crippen molar-refractivity contribution < 1.29 is 41.1 Å². The summed E-state index contributed by atoms with van der Waals surface area (Å²) in [5.74, 6) is -3.47. The Morgan fingerprint density at radius 1 is 1.07 bits per heavy atom. The SMILES string of the molecule is Cc1ccc(S(=O)(=O)N(C)C)cc1NC(=O)[C@@H](CC1CCCCC1)N=C(N)NC(=O)Cc1ccc(Cl)c(Cl)c1.O=C(O)C(F)(F)F. The van der Waals surface area contributed by atoms with Gasteiger partial charge in [-0.2, -0.15) is 13.2 Å². The number of aliphatic carboxylic acids is 1. The largest absolute Gasteiger partial charge is 0.490 e. The maximum atomic E-state index is 13.4. The topological polar surface area (TPSA) is 171 Å². The minimum Gasteiger partial charge on any atom is -0.475 e. The van der Waals surface area contributed by atoms with Gasteiger partial charge in [0, 0.05) is 19.8 Å². The zero-order valence-corrected chi connectivity index (χ0v) is 27.7. The molecule has 0 unspecified atom stereocenters. The highest BCUT2D eigenvalue weighted by Gasteiger charge is 2.38. The van der Waals surface area contributed by atoms with E-state index in [4.69, 9.17) is 38.8 Å². The van der Waals surface area contributed by atoms with Gasteiger partial charge in [-0.25, -0.2) is 22.5 Å². The highest BCUT2D eigenvalue weighted by Crippen LogP contribution is 2.29. The van der Waals surface area contributed by atoms with E-state index in [1.54, 1.807) is 31.2 Å². The Balaban J connectivity index is 0.000000942. The summed E-state index contributed by atoms with van der Waals surface area (Å²) in [6, 6.07) is 8.60. The van der Waals surface area contributed by atoms with Gasteiger partial charge in [0.05, 0.1) is 21.4 Å². The molecule has 1 aliphatic rings. The molecule has 0 bridgehead atoms. The number of halogens is 5. The molecule has 3 rings (SSSR count). The Labute approximate surface area is 275 Å². The first-order valence-electron chi connectivity index (χ1n) is 14.0. The van der Waals surface area contributed by atoms with Crippen LogP contribution in [0.4, 0.5) is 18.9 Å². The second-order valence-corrected chi connectivity index (χ2v) is 13.8. The van der Waals surface area contributed by atoms with Crippen molar-refractivity contribution in [2.24, 2.45) is 16.6 Å². The first-order chi connectivity index (χ1) is 21.3. The van der Waals surface area contributed by atoms with E-state index in [9.17, 15) is 31.2 Å². The van der Waals surface area contributed by atoms with Crippen molar-refractivity contribution in [3.05, 3.63) is 57.6 Å². The maximum Gasteiger partial charge on any atom is 0.490 e. The van der Waals surface area contributed by atoms with Crippen LogP contribution < -0.4 is 16.4 Å². The van der Waals surface area contributed by atoms with Crippen molar-refractivity contribution in [1.29, 1.82) is 0 Å². The summed E-state index contributed by atoms with van der Waals surface area (Å²) in [5.41, 5.74) is 7.79. The lowest BCUT2D eigenvalue weighted by Gasteiger charge is -2.25. The number of benzene rings is 2. The van der Waals surface area contributed by atoms with Gasteiger partial charge in [-0.3, -0.25) is 14.9 Å². The summed E-state index contributed by atoms with van der Waals surface area (Å²) in [6.07, 6.45) is 0.681. The summed E-state index contributed by atoms with van der Waals surface area (Å²) >= 11 is 12.0. The molecule has 46 heavy (non-hydrogen) atoms. The highest BCUT2D eigenvalue weighted by molar-refractivity contribution is 7.89. The molecule has 1 aliphatic carbocycles. The molecule has 0 spiro atoms.